The first kappa shape index (κ1) is 11.7. The fraction of sp³-hybridized carbons (Fsp3) is 0.800. The zero-order valence-electron chi connectivity index (χ0n) is 5.55. The van der Waals surface area contributed by atoms with Crippen molar-refractivity contribution in [2.75, 3.05) is 0 Å². The van der Waals surface area contributed by atoms with Gasteiger partial charge in [0.25, 0.3) is 0 Å². The second kappa shape index (κ2) is 4.64. The standard InChI is InChI=1S/C5H5BrF4O2/c6-4(10)2(8)1(7)3(9)5(11)12/h1-4H,(H,11,12). The molecule has 0 amide bonds. The molecule has 0 rings (SSSR count). The molecule has 72 valence electrons. The van der Waals surface area contributed by atoms with E-state index in [1.807, 2.05) is 15.9 Å². The smallest absolute Gasteiger partial charge is 0.341 e. The molecule has 0 bridgehead atoms. The zero-order chi connectivity index (χ0) is 9.89. The van der Waals surface area contributed by atoms with Crippen LogP contribution in [0.15, 0.2) is 0 Å². The molecule has 0 saturated carbocycles. The molecule has 7 heteroatoms. The van der Waals surface area contributed by atoms with Crippen LogP contribution in [0.4, 0.5) is 17.6 Å². The van der Waals surface area contributed by atoms with E-state index in [2.05, 4.69) is 0 Å². The van der Waals surface area contributed by atoms with Crippen molar-refractivity contribution in [3.05, 3.63) is 0 Å². The van der Waals surface area contributed by atoms with Crippen LogP contribution < -0.4 is 0 Å². The minimum Gasteiger partial charge on any atom is -0.479 e. The summed E-state index contributed by atoms with van der Waals surface area (Å²) in [5.74, 6) is -2.15. The van der Waals surface area contributed by atoms with Crippen molar-refractivity contribution in [2.24, 2.45) is 0 Å². The molecule has 0 aliphatic carbocycles. The average Bonchev–Trinajstić information content (AvgIpc) is 2.00. The van der Waals surface area contributed by atoms with E-state index < -0.39 is 29.6 Å². The first-order valence-electron chi connectivity index (χ1n) is 2.81. The largest absolute Gasteiger partial charge is 0.479 e. The summed E-state index contributed by atoms with van der Waals surface area (Å²) in [6, 6.07) is 0. The Labute approximate surface area is 73.7 Å². The maximum absolute atomic E-state index is 12.3. The van der Waals surface area contributed by atoms with E-state index in [1.165, 1.54) is 0 Å². The summed E-state index contributed by atoms with van der Waals surface area (Å²) in [6.07, 6.45) is -8.87. The third-order valence-electron chi connectivity index (χ3n) is 1.06. The molecule has 0 aromatic carbocycles. The Morgan fingerprint density at radius 1 is 1.17 bits per heavy atom. The molecule has 0 aromatic heterocycles. The van der Waals surface area contributed by atoms with Crippen LogP contribution in [-0.2, 0) is 4.79 Å². The molecule has 0 aliphatic heterocycles. The van der Waals surface area contributed by atoms with E-state index in [9.17, 15) is 22.4 Å². The van der Waals surface area contributed by atoms with Gasteiger partial charge >= 0.3 is 5.97 Å². The quantitative estimate of drug-likeness (QED) is 0.612. The van der Waals surface area contributed by atoms with E-state index >= 15 is 0 Å². The number of aliphatic carboxylic acids is 1. The first-order valence-corrected chi connectivity index (χ1v) is 3.72. The number of carboxylic acid groups (broad SMARTS) is 1. The van der Waals surface area contributed by atoms with E-state index in [1.54, 1.807) is 0 Å². The minimum absolute atomic E-state index is 2.02. The van der Waals surface area contributed by atoms with Crippen molar-refractivity contribution >= 4 is 21.9 Å². The van der Waals surface area contributed by atoms with E-state index in [4.69, 9.17) is 5.11 Å². The molecule has 4 unspecified atom stereocenters. The number of alkyl halides is 5. The monoisotopic (exact) mass is 252 g/mol. The topological polar surface area (TPSA) is 37.3 Å². The van der Waals surface area contributed by atoms with Crippen LogP contribution in [0.5, 0.6) is 0 Å². The molecule has 0 heterocycles. The normalized spacial score (nSPS) is 21.1. The van der Waals surface area contributed by atoms with Crippen LogP contribution in [0, 0.1) is 0 Å². The van der Waals surface area contributed by atoms with Crippen molar-refractivity contribution in [1.82, 2.24) is 0 Å². The first-order chi connectivity index (χ1) is 5.37. The van der Waals surface area contributed by atoms with Crippen LogP contribution >= 0.6 is 15.9 Å². The number of halogens is 5. The predicted octanol–water partition coefficient (Wildman–Crippen LogP) is 1.78. The zero-order valence-corrected chi connectivity index (χ0v) is 7.14. The fourth-order valence-electron chi connectivity index (χ4n) is 0.437. The number of carbonyl (C=O) groups is 1. The van der Waals surface area contributed by atoms with E-state index in [0.717, 1.165) is 0 Å². The van der Waals surface area contributed by atoms with Gasteiger partial charge in [-0.25, -0.2) is 22.4 Å². The van der Waals surface area contributed by atoms with Gasteiger partial charge in [0.1, 0.15) is 0 Å². The number of hydrogen-bond acceptors (Lipinski definition) is 1. The third kappa shape index (κ3) is 2.96. The van der Waals surface area contributed by atoms with Gasteiger partial charge in [0.2, 0.25) is 6.17 Å². The molecule has 0 saturated heterocycles. The van der Waals surface area contributed by atoms with E-state index in [0.29, 0.717) is 0 Å². The lowest BCUT2D eigenvalue weighted by Crippen LogP contribution is -2.37. The Morgan fingerprint density at radius 2 is 1.58 bits per heavy atom. The number of rotatable bonds is 4. The molecule has 0 spiro atoms. The van der Waals surface area contributed by atoms with Gasteiger partial charge in [-0.05, 0) is 15.9 Å². The van der Waals surface area contributed by atoms with Crippen LogP contribution in [-0.4, -0.2) is 34.7 Å². The lowest BCUT2D eigenvalue weighted by atomic mass is 10.2. The highest BCUT2D eigenvalue weighted by molar-refractivity contribution is 9.09. The third-order valence-corrected chi connectivity index (χ3v) is 1.57. The van der Waals surface area contributed by atoms with Gasteiger partial charge in [0.05, 0.1) is 0 Å². The lowest BCUT2D eigenvalue weighted by molar-refractivity contribution is -0.146. The SMILES string of the molecule is O=C(O)C(F)C(F)C(F)C(F)Br. The maximum Gasteiger partial charge on any atom is 0.341 e. The van der Waals surface area contributed by atoms with Gasteiger partial charge in [-0.15, -0.1) is 0 Å². The Kier molecular flexibility index (Phi) is 4.51. The highest BCUT2D eigenvalue weighted by atomic mass is 79.9. The molecule has 0 aliphatic rings. The minimum atomic E-state index is -3.05. The number of hydrogen-bond donors (Lipinski definition) is 1. The van der Waals surface area contributed by atoms with Crippen molar-refractivity contribution in [3.8, 4) is 0 Å². The molecular formula is C5H5BrF4O2. The van der Waals surface area contributed by atoms with Crippen molar-refractivity contribution in [2.45, 2.75) is 23.6 Å². The molecular weight excluding hydrogens is 248 g/mol. The fourth-order valence-corrected chi connectivity index (χ4v) is 0.728. The van der Waals surface area contributed by atoms with Gasteiger partial charge in [-0.2, -0.15) is 0 Å². The van der Waals surface area contributed by atoms with Gasteiger partial charge in [0.15, 0.2) is 17.4 Å². The number of carboxylic acids is 1. The second-order valence-corrected chi connectivity index (χ2v) is 2.84. The Bertz CT molecular complexity index is 166. The van der Waals surface area contributed by atoms with Gasteiger partial charge < -0.3 is 5.11 Å². The summed E-state index contributed by atoms with van der Waals surface area (Å²) in [5.41, 5.74) is 0. The molecule has 0 fully saturated rings. The van der Waals surface area contributed by atoms with Crippen LogP contribution in [0.3, 0.4) is 0 Å². The molecule has 12 heavy (non-hydrogen) atoms. The summed E-state index contributed by atoms with van der Waals surface area (Å²) in [4.78, 5) is 9.75. The van der Waals surface area contributed by atoms with Gasteiger partial charge in [-0.3, -0.25) is 0 Å². The molecule has 1 N–H and O–H groups in total. The lowest BCUT2D eigenvalue weighted by Gasteiger charge is -2.14. The summed E-state index contributed by atoms with van der Waals surface area (Å²) >= 11 is 2.02. The molecule has 0 aromatic rings. The Morgan fingerprint density at radius 3 is 1.83 bits per heavy atom. The summed E-state index contributed by atoms with van der Waals surface area (Å²) < 4.78 is 48.6. The van der Waals surface area contributed by atoms with E-state index in [-0.39, 0.29) is 0 Å². The van der Waals surface area contributed by atoms with Gasteiger partial charge in [0, 0.05) is 0 Å². The van der Waals surface area contributed by atoms with Crippen molar-refractivity contribution in [3.63, 3.8) is 0 Å². The van der Waals surface area contributed by atoms with Crippen molar-refractivity contribution in [1.29, 1.82) is 0 Å². The predicted molar refractivity (Wildman–Crippen MR) is 36.1 cm³/mol. The molecule has 2 nitrogen and oxygen atoms in total. The van der Waals surface area contributed by atoms with Gasteiger partial charge in [-0.1, -0.05) is 0 Å². The summed E-state index contributed by atoms with van der Waals surface area (Å²) in [6.45, 7) is 0. The Balaban J connectivity index is 4.18. The highest BCUT2D eigenvalue weighted by Gasteiger charge is 2.38. The summed E-state index contributed by atoms with van der Waals surface area (Å²) in [5, 5.41) is 5.45. The maximum atomic E-state index is 12.3. The second-order valence-electron chi connectivity index (χ2n) is 1.96. The van der Waals surface area contributed by atoms with Crippen LogP contribution in [0.2, 0.25) is 0 Å². The van der Waals surface area contributed by atoms with Crippen LogP contribution in [0.1, 0.15) is 0 Å². The van der Waals surface area contributed by atoms with Crippen LogP contribution in [0.25, 0.3) is 0 Å². The Hall–Kier alpha value is -0.330. The highest BCUT2D eigenvalue weighted by Crippen LogP contribution is 2.20. The summed E-state index contributed by atoms with van der Waals surface area (Å²) in [7, 11) is 0. The average molecular weight is 253 g/mol. The molecule has 0 radical (unpaired) electrons. The van der Waals surface area contributed by atoms with Crippen molar-refractivity contribution < 1.29 is 27.5 Å². The molecule has 4 atom stereocenters.